The molecule has 128 valence electrons. The molecule has 7 heteroatoms. The molecule has 0 bridgehead atoms. The van der Waals surface area contributed by atoms with E-state index in [1.54, 1.807) is 29.4 Å². The molecule has 1 aromatic carbocycles. The number of benzene rings is 1. The summed E-state index contributed by atoms with van der Waals surface area (Å²) in [6.45, 7) is 4.13. The molecule has 0 spiro atoms. The summed E-state index contributed by atoms with van der Waals surface area (Å²) in [4.78, 5) is 14.3. The molecule has 1 aliphatic rings. The monoisotopic (exact) mass is 417 g/mol. The Hall–Kier alpha value is -2.12. The van der Waals surface area contributed by atoms with Gasteiger partial charge in [-0.1, -0.05) is 45.9 Å². The molecule has 0 saturated carbocycles. The average molecular weight is 418 g/mol. The van der Waals surface area contributed by atoms with Crippen molar-refractivity contribution in [3.05, 3.63) is 71.1 Å². The lowest BCUT2D eigenvalue weighted by Crippen LogP contribution is -2.32. The summed E-state index contributed by atoms with van der Waals surface area (Å²) in [5.41, 5.74) is 1.10. The van der Waals surface area contributed by atoms with Crippen molar-refractivity contribution in [2.24, 2.45) is 10.2 Å². The largest absolute Gasteiger partial charge is 0.463 e. The van der Waals surface area contributed by atoms with Gasteiger partial charge in [0, 0.05) is 11.0 Å². The van der Waals surface area contributed by atoms with Gasteiger partial charge in [-0.15, -0.1) is 11.7 Å². The molecule has 1 atom stereocenters. The predicted octanol–water partition coefficient (Wildman–Crippen LogP) is 4.10. The number of furan rings is 1. The highest BCUT2D eigenvalue weighted by molar-refractivity contribution is 9.10. The number of hydrogen-bond acceptors (Lipinski definition) is 5. The third-order valence-electron chi connectivity index (χ3n) is 3.54. The third kappa shape index (κ3) is 4.49. The molecule has 3 rings (SSSR count). The first-order valence-corrected chi connectivity index (χ1v) is 9.32. The Labute approximate surface area is 158 Å². The first-order chi connectivity index (χ1) is 12.2. The maximum absolute atomic E-state index is 12.7. The van der Waals surface area contributed by atoms with Crippen LogP contribution in [-0.4, -0.2) is 34.0 Å². The smallest absolute Gasteiger partial charge is 0.242 e. The first-order valence-electron chi connectivity index (χ1n) is 7.65. The molecule has 1 fully saturated rings. The Morgan fingerprint density at radius 1 is 1.32 bits per heavy atom. The van der Waals surface area contributed by atoms with E-state index in [2.05, 4.69) is 32.7 Å². The van der Waals surface area contributed by atoms with Gasteiger partial charge >= 0.3 is 0 Å². The van der Waals surface area contributed by atoms with Crippen LogP contribution in [0.2, 0.25) is 0 Å². The number of carbonyl (C=O) groups excluding carboxylic acids is 1. The summed E-state index contributed by atoms with van der Waals surface area (Å²) in [6.07, 6.45) is 5.42. The Morgan fingerprint density at radius 3 is 2.80 bits per heavy atom. The van der Waals surface area contributed by atoms with Crippen LogP contribution in [0.1, 0.15) is 11.3 Å². The van der Waals surface area contributed by atoms with Gasteiger partial charge in [-0.2, -0.15) is 5.10 Å². The van der Waals surface area contributed by atoms with E-state index in [0.29, 0.717) is 23.9 Å². The molecule has 25 heavy (non-hydrogen) atoms. The summed E-state index contributed by atoms with van der Waals surface area (Å²) < 4.78 is 6.20. The molecule has 1 aliphatic heterocycles. The van der Waals surface area contributed by atoms with Crippen LogP contribution in [0.3, 0.4) is 0 Å². The van der Waals surface area contributed by atoms with E-state index in [-0.39, 0.29) is 11.2 Å². The third-order valence-corrected chi connectivity index (χ3v) is 5.23. The summed E-state index contributed by atoms with van der Waals surface area (Å²) in [6, 6.07) is 11.5. The van der Waals surface area contributed by atoms with Crippen molar-refractivity contribution in [1.82, 2.24) is 4.90 Å². The van der Waals surface area contributed by atoms with Crippen molar-refractivity contribution in [1.29, 1.82) is 0 Å². The van der Waals surface area contributed by atoms with Crippen molar-refractivity contribution in [3.63, 3.8) is 0 Å². The Morgan fingerprint density at radius 2 is 2.12 bits per heavy atom. The zero-order valence-corrected chi connectivity index (χ0v) is 15.7. The molecule has 0 aliphatic carbocycles. The minimum absolute atomic E-state index is 0.0276. The molecule has 0 N–H and O–H groups in total. The summed E-state index contributed by atoms with van der Waals surface area (Å²) in [7, 11) is 0. The van der Waals surface area contributed by atoms with E-state index in [1.807, 2.05) is 24.3 Å². The van der Waals surface area contributed by atoms with Crippen molar-refractivity contribution >= 4 is 45.0 Å². The van der Waals surface area contributed by atoms with E-state index >= 15 is 0 Å². The molecular formula is C18H16BrN3O2S. The number of nitrogens with zero attached hydrogens (tertiary/aromatic N) is 3. The zero-order chi connectivity index (χ0) is 17.6. The molecular weight excluding hydrogens is 402 g/mol. The molecule has 1 saturated heterocycles. The quantitative estimate of drug-likeness (QED) is 0.403. The van der Waals surface area contributed by atoms with E-state index in [0.717, 1.165) is 10.0 Å². The van der Waals surface area contributed by atoms with Gasteiger partial charge in [-0.3, -0.25) is 9.69 Å². The van der Waals surface area contributed by atoms with Crippen LogP contribution in [0.5, 0.6) is 0 Å². The molecule has 1 aromatic heterocycles. The van der Waals surface area contributed by atoms with Gasteiger partial charge in [-0.25, -0.2) is 0 Å². The number of hydrogen-bond donors (Lipinski definition) is 0. The molecule has 2 heterocycles. The second kappa shape index (κ2) is 8.31. The topological polar surface area (TPSA) is 58.2 Å². The van der Waals surface area contributed by atoms with E-state index in [9.17, 15) is 4.79 Å². The fraction of sp³-hybridized carbons (Fsp3) is 0.167. The van der Waals surface area contributed by atoms with Crippen LogP contribution in [0.4, 0.5) is 0 Å². The van der Waals surface area contributed by atoms with Gasteiger partial charge in [0.15, 0.2) is 5.17 Å². The number of amidine groups is 1. The van der Waals surface area contributed by atoms with Crippen molar-refractivity contribution in [2.45, 2.75) is 11.7 Å². The molecule has 1 amide bonds. The number of thioether (sulfide) groups is 1. The van der Waals surface area contributed by atoms with Gasteiger partial charge in [0.05, 0.1) is 17.7 Å². The second-order valence-electron chi connectivity index (χ2n) is 5.32. The second-order valence-corrected chi connectivity index (χ2v) is 7.40. The highest BCUT2D eigenvalue weighted by Crippen LogP contribution is 2.30. The summed E-state index contributed by atoms with van der Waals surface area (Å²) >= 11 is 4.85. The lowest BCUT2D eigenvalue weighted by Gasteiger charge is -2.12. The number of amides is 1. The lowest BCUT2D eigenvalue weighted by molar-refractivity contribution is -0.125. The van der Waals surface area contributed by atoms with Crippen LogP contribution in [0.15, 0.2) is 74.4 Å². The van der Waals surface area contributed by atoms with Crippen molar-refractivity contribution < 1.29 is 9.21 Å². The number of carbonyl (C=O) groups is 1. The van der Waals surface area contributed by atoms with E-state index in [1.165, 1.54) is 18.0 Å². The highest BCUT2D eigenvalue weighted by Gasteiger charge is 2.37. The first kappa shape index (κ1) is 17.7. The molecule has 0 unspecified atom stereocenters. The Balaban J connectivity index is 1.74. The fourth-order valence-corrected chi connectivity index (χ4v) is 3.76. The van der Waals surface area contributed by atoms with Gasteiger partial charge in [0.25, 0.3) is 0 Å². The van der Waals surface area contributed by atoms with Gasteiger partial charge < -0.3 is 4.42 Å². The zero-order valence-electron chi connectivity index (χ0n) is 13.3. The van der Waals surface area contributed by atoms with Crippen molar-refractivity contribution in [2.75, 3.05) is 6.54 Å². The van der Waals surface area contributed by atoms with Crippen LogP contribution < -0.4 is 0 Å². The Kier molecular flexibility index (Phi) is 5.88. The van der Waals surface area contributed by atoms with Gasteiger partial charge in [-0.05, 0) is 36.2 Å². The van der Waals surface area contributed by atoms with Gasteiger partial charge in [0.2, 0.25) is 5.91 Å². The van der Waals surface area contributed by atoms with E-state index in [4.69, 9.17) is 4.42 Å². The molecule has 2 aromatic rings. The number of halogens is 1. The van der Waals surface area contributed by atoms with E-state index < -0.39 is 0 Å². The van der Waals surface area contributed by atoms with Crippen molar-refractivity contribution in [3.8, 4) is 0 Å². The number of rotatable bonds is 6. The highest BCUT2D eigenvalue weighted by atomic mass is 79.9. The summed E-state index contributed by atoms with van der Waals surface area (Å²) in [5.74, 6) is 0.639. The average Bonchev–Trinajstić information content (AvgIpc) is 3.21. The molecule has 5 nitrogen and oxygen atoms in total. The predicted molar refractivity (Wildman–Crippen MR) is 105 cm³/mol. The lowest BCUT2D eigenvalue weighted by atomic mass is 10.1. The van der Waals surface area contributed by atoms with Crippen LogP contribution in [0.25, 0.3) is 0 Å². The Bertz CT molecular complexity index is 800. The SMILES string of the molecule is C=CCN1C(=O)[C@H](Cc2ccc(Br)cc2)S/C1=N/N=C\c1ccco1. The maximum atomic E-state index is 12.7. The summed E-state index contributed by atoms with van der Waals surface area (Å²) in [5, 5.41) is 8.59. The van der Waals surface area contributed by atoms with Crippen LogP contribution >= 0.6 is 27.7 Å². The molecule has 0 radical (unpaired) electrons. The van der Waals surface area contributed by atoms with Crippen LogP contribution in [0, 0.1) is 0 Å². The minimum atomic E-state index is -0.210. The fourth-order valence-electron chi connectivity index (χ4n) is 2.35. The maximum Gasteiger partial charge on any atom is 0.242 e. The minimum Gasteiger partial charge on any atom is -0.463 e. The normalized spacial score (nSPS) is 19.2. The van der Waals surface area contributed by atoms with Gasteiger partial charge in [0.1, 0.15) is 5.76 Å². The standard InChI is InChI=1S/C18H16BrN3O2S/c1-2-9-22-17(23)16(11-13-5-7-14(19)8-6-13)25-18(22)21-20-12-15-4-3-10-24-15/h2-8,10,12,16H,1,9,11H2/b20-12-,21-18+/t16-/m0/s1. The van der Waals surface area contributed by atoms with Crippen LogP contribution in [-0.2, 0) is 11.2 Å².